The van der Waals surface area contributed by atoms with E-state index in [9.17, 15) is 5.11 Å². The van der Waals surface area contributed by atoms with Crippen LogP contribution in [-0.2, 0) is 21.1 Å². The molecular weight excluding hydrogens is 232 g/mol. The fraction of sp³-hybridized carbons (Fsp3) is 0.571. The highest BCUT2D eigenvalue weighted by molar-refractivity contribution is 5.13. The van der Waals surface area contributed by atoms with Crippen molar-refractivity contribution in [3.63, 3.8) is 0 Å². The lowest BCUT2D eigenvalue weighted by molar-refractivity contribution is -0.319. The molecule has 0 atom stereocenters. The van der Waals surface area contributed by atoms with Gasteiger partial charge in [0.1, 0.15) is 6.61 Å². The Morgan fingerprint density at radius 2 is 1.94 bits per heavy atom. The van der Waals surface area contributed by atoms with Crippen LogP contribution in [0, 0.1) is 5.92 Å². The van der Waals surface area contributed by atoms with Gasteiger partial charge < -0.3 is 9.84 Å². The van der Waals surface area contributed by atoms with Crippen LogP contribution >= 0.6 is 0 Å². The molecule has 4 nitrogen and oxygen atoms in total. The number of benzene rings is 1. The number of aliphatic hydroxyl groups is 1. The summed E-state index contributed by atoms with van der Waals surface area (Å²) >= 11 is 0. The van der Waals surface area contributed by atoms with E-state index in [-0.39, 0.29) is 0 Å². The average molecular weight is 252 g/mol. The standard InChI is InChI=1S/C14H20O4/c1-16-11-14(15)7-13(8-14)10-18-17-9-12-5-3-2-4-6-12/h2-6,13,15H,7-11H2,1H3. The van der Waals surface area contributed by atoms with Gasteiger partial charge in [0.15, 0.2) is 0 Å². The zero-order valence-corrected chi connectivity index (χ0v) is 10.7. The maximum atomic E-state index is 9.89. The van der Waals surface area contributed by atoms with Crippen molar-refractivity contribution in [1.29, 1.82) is 0 Å². The zero-order valence-electron chi connectivity index (χ0n) is 10.7. The van der Waals surface area contributed by atoms with Crippen molar-refractivity contribution in [2.24, 2.45) is 5.92 Å². The molecule has 0 unspecified atom stereocenters. The molecule has 1 aromatic carbocycles. The molecule has 0 heterocycles. The van der Waals surface area contributed by atoms with Crippen molar-refractivity contribution in [3.05, 3.63) is 35.9 Å². The Balaban J connectivity index is 1.55. The van der Waals surface area contributed by atoms with Gasteiger partial charge in [-0.3, -0.25) is 0 Å². The van der Waals surface area contributed by atoms with Gasteiger partial charge in [-0.05, 0) is 24.3 Å². The van der Waals surface area contributed by atoms with Gasteiger partial charge >= 0.3 is 0 Å². The number of methoxy groups -OCH3 is 1. The van der Waals surface area contributed by atoms with Crippen molar-refractivity contribution < 1.29 is 19.6 Å². The number of rotatable bonds is 7. The molecule has 0 aromatic heterocycles. The van der Waals surface area contributed by atoms with Crippen molar-refractivity contribution in [2.75, 3.05) is 20.3 Å². The van der Waals surface area contributed by atoms with E-state index in [4.69, 9.17) is 14.5 Å². The van der Waals surface area contributed by atoms with Gasteiger partial charge in [-0.1, -0.05) is 30.3 Å². The largest absolute Gasteiger partial charge is 0.387 e. The number of hydrogen-bond acceptors (Lipinski definition) is 4. The van der Waals surface area contributed by atoms with Gasteiger partial charge in [0.25, 0.3) is 0 Å². The first kappa shape index (κ1) is 13.5. The van der Waals surface area contributed by atoms with E-state index in [0.29, 0.717) is 25.7 Å². The number of hydrogen-bond donors (Lipinski definition) is 1. The second-order valence-electron chi connectivity index (χ2n) is 4.96. The van der Waals surface area contributed by atoms with Crippen LogP contribution in [0.2, 0.25) is 0 Å². The highest BCUT2D eigenvalue weighted by atomic mass is 17.2. The first-order valence-corrected chi connectivity index (χ1v) is 6.21. The Hall–Kier alpha value is -0.940. The molecule has 1 aliphatic rings. The summed E-state index contributed by atoms with van der Waals surface area (Å²) in [5.41, 5.74) is 0.435. The summed E-state index contributed by atoms with van der Waals surface area (Å²) in [4.78, 5) is 10.3. The maximum absolute atomic E-state index is 9.89. The number of ether oxygens (including phenoxy) is 1. The first-order valence-electron chi connectivity index (χ1n) is 6.21. The van der Waals surface area contributed by atoms with Crippen LogP contribution in [0.5, 0.6) is 0 Å². The fourth-order valence-electron chi connectivity index (χ4n) is 2.35. The van der Waals surface area contributed by atoms with Gasteiger partial charge in [0, 0.05) is 7.11 Å². The van der Waals surface area contributed by atoms with Gasteiger partial charge in [-0.2, -0.15) is 0 Å². The van der Waals surface area contributed by atoms with Crippen molar-refractivity contribution >= 4 is 0 Å². The minimum absolute atomic E-state index is 0.362. The minimum atomic E-state index is -0.651. The molecule has 0 amide bonds. The molecule has 1 aliphatic carbocycles. The van der Waals surface area contributed by atoms with E-state index in [1.54, 1.807) is 7.11 Å². The SMILES string of the molecule is COCC1(O)CC(COOCc2ccccc2)C1. The molecule has 100 valence electrons. The Morgan fingerprint density at radius 3 is 2.61 bits per heavy atom. The highest BCUT2D eigenvalue weighted by Crippen LogP contribution is 2.38. The normalized spacial score (nSPS) is 26.9. The molecule has 0 radical (unpaired) electrons. The molecular formula is C14H20O4. The molecule has 0 spiro atoms. The van der Waals surface area contributed by atoms with E-state index in [0.717, 1.165) is 18.4 Å². The first-order chi connectivity index (χ1) is 8.72. The van der Waals surface area contributed by atoms with Crippen LogP contribution in [0.1, 0.15) is 18.4 Å². The monoisotopic (exact) mass is 252 g/mol. The van der Waals surface area contributed by atoms with Crippen LogP contribution in [-0.4, -0.2) is 31.0 Å². The fourth-order valence-corrected chi connectivity index (χ4v) is 2.35. The molecule has 0 saturated heterocycles. The lowest BCUT2D eigenvalue weighted by Gasteiger charge is -2.42. The molecule has 0 bridgehead atoms. The molecule has 1 N–H and O–H groups in total. The third kappa shape index (κ3) is 3.78. The van der Waals surface area contributed by atoms with Crippen molar-refractivity contribution in [2.45, 2.75) is 25.0 Å². The predicted octanol–water partition coefficient (Wildman–Crippen LogP) is 1.92. The predicted molar refractivity (Wildman–Crippen MR) is 66.7 cm³/mol. The van der Waals surface area contributed by atoms with E-state index in [1.807, 2.05) is 30.3 Å². The molecule has 0 aliphatic heterocycles. The van der Waals surface area contributed by atoms with Crippen molar-refractivity contribution in [3.8, 4) is 0 Å². The summed E-state index contributed by atoms with van der Waals surface area (Å²) < 4.78 is 4.96. The maximum Gasteiger partial charge on any atom is 0.107 e. The second kappa shape index (κ2) is 6.29. The lowest BCUT2D eigenvalue weighted by atomic mass is 9.72. The summed E-state index contributed by atoms with van der Waals surface area (Å²) in [7, 11) is 1.60. The van der Waals surface area contributed by atoms with Crippen molar-refractivity contribution in [1.82, 2.24) is 0 Å². The smallest absolute Gasteiger partial charge is 0.107 e. The van der Waals surface area contributed by atoms with E-state index in [1.165, 1.54) is 0 Å². The minimum Gasteiger partial charge on any atom is -0.387 e. The Morgan fingerprint density at radius 1 is 1.22 bits per heavy atom. The van der Waals surface area contributed by atoms with Crippen LogP contribution in [0.4, 0.5) is 0 Å². The summed E-state index contributed by atoms with van der Waals surface area (Å²) in [6.07, 6.45) is 1.44. The van der Waals surface area contributed by atoms with Crippen LogP contribution in [0.25, 0.3) is 0 Å². The molecule has 18 heavy (non-hydrogen) atoms. The summed E-state index contributed by atoms with van der Waals surface area (Å²) in [6.45, 7) is 1.38. The molecule has 4 heteroatoms. The van der Waals surface area contributed by atoms with Gasteiger partial charge in [0.2, 0.25) is 0 Å². The van der Waals surface area contributed by atoms with Gasteiger partial charge in [-0.15, -0.1) is 0 Å². The third-order valence-corrected chi connectivity index (χ3v) is 3.21. The van der Waals surface area contributed by atoms with Gasteiger partial charge in [-0.25, -0.2) is 9.78 Å². The van der Waals surface area contributed by atoms with E-state index < -0.39 is 5.60 Å². The summed E-state index contributed by atoms with van der Waals surface area (Å²) in [6, 6.07) is 9.88. The molecule has 1 fully saturated rings. The molecule has 1 saturated carbocycles. The van der Waals surface area contributed by atoms with Crippen LogP contribution in [0.15, 0.2) is 30.3 Å². The summed E-state index contributed by atoms with van der Waals surface area (Å²) in [5, 5.41) is 9.89. The van der Waals surface area contributed by atoms with Gasteiger partial charge in [0.05, 0.1) is 18.8 Å². The van der Waals surface area contributed by atoms with Crippen LogP contribution < -0.4 is 0 Å². The van der Waals surface area contributed by atoms with E-state index in [2.05, 4.69) is 0 Å². The third-order valence-electron chi connectivity index (χ3n) is 3.21. The topological polar surface area (TPSA) is 47.9 Å². The lowest BCUT2D eigenvalue weighted by Crippen LogP contribution is -2.48. The van der Waals surface area contributed by atoms with E-state index >= 15 is 0 Å². The zero-order chi connectivity index (χ0) is 12.8. The average Bonchev–Trinajstić information content (AvgIpc) is 2.34. The highest BCUT2D eigenvalue weighted by Gasteiger charge is 2.42. The molecule has 2 rings (SSSR count). The Bertz CT molecular complexity index is 346. The second-order valence-corrected chi connectivity index (χ2v) is 4.96. The van der Waals surface area contributed by atoms with Crippen LogP contribution in [0.3, 0.4) is 0 Å². The molecule has 1 aromatic rings. The summed E-state index contributed by atoms with van der Waals surface area (Å²) in [5.74, 6) is 0.362. The Kier molecular flexibility index (Phi) is 4.72. The Labute approximate surface area is 107 Å². The quantitative estimate of drug-likeness (QED) is 0.457.